The number of nitrogens with zero attached hydrogens (tertiary/aromatic N) is 1. The lowest BCUT2D eigenvalue weighted by atomic mass is 9.83. The van der Waals surface area contributed by atoms with E-state index in [2.05, 4.69) is 29.7 Å². The number of hydrogen-bond acceptors (Lipinski definition) is 3. The van der Waals surface area contributed by atoms with Gasteiger partial charge in [0.15, 0.2) is 11.5 Å². The van der Waals surface area contributed by atoms with Gasteiger partial charge in [-0.05, 0) is 42.6 Å². The lowest BCUT2D eigenvalue weighted by Crippen LogP contribution is -2.38. The first-order chi connectivity index (χ1) is 9.28. The van der Waals surface area contributed by atoms with Gasteiger partial charge >= 0.3 is 0 Å². The molecular weight excluding hydrogens is 238 g/mol. The van der Waals surface area contributed by atoms with Crippen molar-refractivity contribution in [2.75, 3.05) is 20.8 Å². The first kappa shape index (κ1) is 12.5. The SMILES string of the molecule is C=C[C@@H]1c2cc(OC)c(OC)cc2CN2CCC[C@@H]12. The Morgan fingerprint density at radius 2 is 2.00 bits per heavy atom. The minimum atomic E-state index is 0.408. The van der Waals surface area contributed by atoms with E-state index in [1.54, 1.807) is 14.2 Å². The minimum Gasteiger partial charge on any atom is -0.493 e. The summed E-state index contributed by atoms with van der Waals surface area (Å²) in [6, 6.07) is 4.87. The van der Waals surface area contributed by atoms with Crippen LogP contribution in [0.4, 0.5) is 0 Å². The number of fused-ring (bicyclic) bond motifs is 2. The molecule has 0 aliphatic carbocycles. The molecule has 0 radical (unpaired) electrons. The van der Waals surface area contributed by atoms with E-state index in [0.29, 0.717) is 12.0 Å². The van der Waals surface area contributed by atoms with Gasteiger partial charge in [-0.15, -0.1) is 6.58 Å². The highest BCUT2D eigenvalue weighted by Gasteiger charge is 2.36. The maximum atomic E-state index is 5.43. The topological polar surface area (TPSA) is 21.7 Å². The van der Waals surface area contributed by atoms with Crippen LogP contribution >= 0.6 is 0 Å². The van der Waals surface area contributed by atoms with E-state index >= 15 is 0 Å². The van der Waals surface area contributed by atoms with Gasteiger partial charge in [0.05, 0.1) is 14.2 Å². The van der Waals surface area contributed by atoms with Crippen LogP contribution in [0.1, 0.15) is 29.9 Å². The molecule has 2 aliphatic rings. The largest absolute Gasteiger partial charge is 0.493 e. The van der Waals surface area contributed by atoms with E-state index in [9.17, 15) is 0 Å². The molecule has 102 valence electrons. The van der Waals surface area contributed by atoms with Gasteiger partial charge in [0.1, 0.15) is 0 Å². The van der Waals surface area contributed by atoms with Crippen molar-refractivity contribution in [1.29, 1.82) is 0 Å². The standard InChI is InChI=1S/C16H21NO2/c1-4-12-13-9-16(19-3)15(18-2)8-11(13)10-17-7-5-6-14(12)17/h4,8-9,12,14H,1,5-7,10H2,2-3H3/t12-,14+/m1/s1. The third kappa shape index (κ3) is 1.93. The van der Waals surface area contributed by atoms with E-state index < -0.39 is 0 Å². The van der Waals surface area contributed by atoms with Crippen LogP contribution in [0, 0.1) is 0 Å². The Kier molecular flexibility index (Phi) is 3.23. The number of hydrogen-bond donors (Lipinski definition) is 0. The van der Waals surface area contributed by atoms with Gasteiger partial charge in [-0.25, -0.2) is 0 Å². The third-order valence-electron chi connectivity index (χ3n) is 4.46. The number of benzene rings is 1. The summed E-state index contributed by atoms with van der Waals surface area (Å²) in [6.07, 6.45) is 4.65. The van der Waals surface area contributed by atoms with Crippen LogP contribution in [-0.2, 0) is 6.54 Å². The normalized spacial score (nSPS) is 25.6. The molecule has 0 N–H and O–H groups in total. The Labute approximate surface area is 114 Å². The summed E-state index contributed by atoms with van der Waals surface area (Å²) in [5, 5.41) is 0. The molecule has 1 aromatic carbocycles. The first-order valence-corrected chi connectivity index (χ1v) is 6.90. The Balaban J connectivity index is 2.09. The summed E-state index contributed by atoms with van der Waals surface area (Å²) >= 11 is 0. The van der Waals surface area contributed by atoms with Crippen molar-refractivity contribution in [3.8, 4) is 11.5 Å². The molecular formula is C16H21NO2. The van der Waals surface area contributed by atoms with E-state index in [1.165, 1.54) is 30.5 Å². The molecule has 1 saturated heterocycles. The molecule has 0 saturated carbocycles. The summed E-state index contributed by atoms with van der Waals surface area (Å²) in [7, 11) is 3.38. The van der Waals surface area contributed by atoms with Gasteiger partial charge in [0, 0.05) is 18.5 Å². The molecule has 2 heterocycles. The summed E-state index contributed by atoms with van der Waals surface area (Å²) in [5.41, 5.74) is 2.71. The molecule has 0 unspecified atom stereocenters. The van der Waals surface area contributed by atoms with Crippen LogP contribution in [0.25, 0.3) is 0 Å². The second-order valence-electron chi connectivity index (χ2n) is 5.35. The zero-order valence-corrected chi connectivity index (χ0v) is 11.7. The van der Waals surface area contributed by atoms with Crippen molar-refractivity contribution in [1.82, 2.24) is 4.90 Å². The molecule has 3 rings (SSSR count). The maximum absolute atomic E-state index is 5.43. The summed E-state index contributed by atoms with van der Waals surface area (Å²) in [6.45, 7) is 6.26. The Morgan fingerprint density at radius 1 is 1.26 bits per heavy atom. The van der Waals surface area contributed by atoms with Gasteiger partial charge in [0.2, 0.25) is 0 Å². The zero-order valence-electron chi connectivity index (χ0n) is 11.7. The van der Waals surface area contributed by atoms with Crippen molar-refractivity contribution in [3.05, 3.63) is 35.9 Å². The highest BCUT2D eigenvalue weighted by Crippen LogP contribution is 2.43. The van der Waals surface area contributed by atoms with Crippen LogP contribution in [0.15, 0.2) is 24.8 Å². The maximum Gasteiger partial charge on any atom is 0.161 e. The molecule has 0 spiro atoms. The average Bonchev–Trinajstić information content (AvgIpc) is 2.90. The molecule has 1 fully saturated rings. The summed E-state index contributed by atoms with van der Waals surface area (Å²) in [4.78, 5) is 2.57. The second kappa shape index (κ2) is 4.89. The zero-order chi connectivity index (χ0) is 13.4. The average molecular weight is 259 g/mol. The van der Waals surface area contributed by atoms with Crippen LogP contribution in [0.2, 0.25) is 0 Å². The Bertz CT molecular complexity index is 498. The van der Waals surface area contributed by atoms with E-state index in [-0.39, 0.29) is 0 Å². The van der Waals surface area contributed by atoms with Gasteiger partial charge < -0.3 is 9.47 Å². The van der Waals surface area contributed by atoms with Crippen molar-refractivity contribution < 1.29 is 9.47 Å². The predicted molar refractivity (Wildman–Crippen MR) is 75.9 cm³/mol. The predicted octanol–water partition coefficient (Wildman–Crippen LogP) is 2.95. The third-order valence-corrected chi connectivity index (χ3v) is 4.46. The van der Waals surface area contributed by atoms with Gasteiger partial charge in [0.25, 0.3) is 0 Å². The highest BCUT2D eigenvalue weighted by molar-refractivity contribution is 5.51. The molecule has 0 bridgehead atoms. The van der Waals surface area contributed by atoms with E-state index in [0.717, 1.165) is 18.0 Å². The lowest BCUT2D eigenvalue weighted by molar-refractivity contribution is 0.211. The fourth-order valence-electron chi connectivity index (χ4n) is 3.55. The van der Waals surface area contributed by atoms with Crippen LogP contribution in [0.5, 0.6) is 11.5 Å². The highest BCUT2D eigenvalue weighted by atomic mass is 16.5. The van der Waals surface area contributed by atoms with Crippen molar-refractivity contribution >= 4 is 0 Å². The van der Waals surface area contributed by atoms with Crippen molar-refractivity contribution in [2.45, 2.75) is 31.3 Å². The minimum absolute atomic E-state index is 0.408. The second-order valence-corrected chi connectivity index (χ2v) is 5.35. The summed E-state index contributed by atoms with van der Waals surface area (Å²) < 4.78 is 10.8. The van der Waals surface area contributed by atoms with Crippen molar-refractivity contribution in [3.63, 3.8) is 0 Å². The molecule has 1 aromatic rings. The quantitative estimate of drug-likeness (QED) is 0.779. The van der Waals surface area contributed by atoms with Crippen LogP contribution in [0.3, 0.4) is 0 Å². The van der Waals surface area contributed by atoms with Gasteiger partial charge in [-0.2, -0.15) is 0 Å². The number of methoxy groups -OCH3 is 2. The fourth-order valence-corrected chi connectivity index (χ4v) is 3.55. The Morgan fingerprint density at radius 3 is 2.68 bits per heavy atom. The molecule has 2 atom stereocenters. The summed E-state index contributed by atoms with van der Waals surface area (Å²) in [5.74, 6) is 2.05. The molecule has 3 nitrogen and oxygen atoms in total. The van der Waals surface area contributed by atoms with Crippen LogP contribution < -0.4 is 9.47 Å². The molecule has 0 aromatic heterocycles. The molecule has 2 aliphatic heterocycles. The fraction of sp³-hybridized carbons (Fsp3) is 0.500. The molecule has 0 amide bonds. The smallest absolute Gasteiger partial charge is 0.161 e. The van der Waals surface area contributed by atoms with E-state index in [4.69, 9.17) is 9.47 Å². The Hall–Kier alpha value is -1.48. The first-order valence-electron chi connectivity index (χ1n) is 6.90. The van der Waals surface area contributed by atoms with E-state index in [1.807, 2.05) is 0 Å². The number of ether oxygens (including phenoxy) is 2. The van der Waals surface area contributed by atoms with Gasteiger partial charge in [-0.1, -0.05) is 6.08 Å². The monoisotopic (exact) mass is 259 g/mol. The molecule has 3 heteroatoms. The molecule has 19 heavy (non-hydrogen) atoms. The van der Waals surface area contributed by atoms with Gasteiger partial charge in [-0.3, -0.25) is 4.90 Å². The van der Waals surface area contributed by atoms with Crippen molar-refractivity contribution in [2.24, 2.45) is 0 Å². The number of rotatable bonds is 3. The lowest BCUT2D eigenvalue weighted by Gasteiger charge is -2.37. The van der Waals surface area contributed by atoms with Crippen LogP contribution in [-0.4, -0.2) is 31.7 Å².